The first-order valence-corrected chi connectivity index (χ1v) is 53.4. The zero-order valence-electron chi connectivity index (χ0n) is 86.4. The topological polar surface area (TPSA) is 526 Å². The summed E-state index contributed by atoms with van der Waals surface area (Å²) in [5.74, 6) is -1.29. The van der Waals surface area contributed by atoms with E-state index in [2.05, 4.69) is 102 Å². The van der Waals surface area contributed by atoms with Gasteiger partial charge in [0.2, 0.25) is 0 Å². The number of nitrogens with one attached hydrogen (secondary N) is 4. The molecule has 0 aliphatic carbocycles. The Morgan fingerprint density at radius 1 is 0.476 bits per heavy atom. The molecule has 43 heteroatoms. The number of hydrogen-bond donors (Lipinski definition) is 9. The molecule has 4 aliphatic rings. The molecule has 4 fully saturated rings. The maximum atomic E-state index is 14.5. The normalized spacial score (nSPS) is 17.5. The maximum Gasteiger partial charge on any atom is 0.416 e. The number of nitrogens with two attached hydrogens (primary N) is 4. The number of benzene rings is 2. The molecule has 786 valence electrons. The number of rotatable bonds is 23. The average molecular weight is 2100 g/mol. The lowest BCUT2D eigenvalue weighted by atomic mass is 9.87. The Hall–Kier alpha value is -14.0. The van der Waals surface area contributed by atoms with Gasteiger partial charge in [0.1, 0.15) is 64.1 Å². The lowest BCUT2D eigenvalue weighted by Crippen LogP contribution is -2.41. The van der Waals surface area contributed by atoms with Crippen molar-refractivity contribution < 1.29 is 80.3 Å². The third-order valence-electron chi connectivity index (χ3n) is 24.7. The smallest absolute Gasteiger partial charge is 0.416 e. The Labute approximate surface area is 857 Å². The highest BCUT2D eigenvalue weighted by molar-refractivity contribution is 7.91. The van der Waals surface area contributed by atoms with Crippen LogP contribution in [-0.2, 0) is 57.1 Å². The fourth-order valence-electron chi connectivity index (χ4n) is 18.5. The van der Waals surface area contributed by atoms with Crippen LogP contribution in [0.25, 0.3) is 29.5 Å². The monoisotopic (exact) mass is 2100 g/mol. The Morgan fingerprint density at radius 2 is 0.844 bits per heavy atom. The second-order valence-electron chi connectivity index (χ2n) is 42.8. The third-order valence-corrected chi connectivity index (χ3v) is 29.6. The number of sulfonamides is 4. The van der Waals surface area contributed by atoms with E-state index in [9.17, 15) is 80.8 Å². The molecule has 35 nitrogen and oxygen atoms in total. The van der Waals surface area contributed by atoms with Crippen molar-refractivity contribution >= 4 is 128 Å². The summed E-state index contributed by atoms with van der Waals surface area (Å²) < 4.78 is 171. The van der Waals surface area contributed by atoms with Crippen molar-refractivity contribution in [3.05, 3.63) is 219 Å². The van der Waals surface area contributed by atoms with E-state index >= 15 is 0 Å². The van der Waals surface area contributed by atoms with Crippen molar-refractivity contribution in [1.29, 1.82) is 5.26 Å². The molecule has 2 aromatic carbocycles. The van der Waals surface area contributed by atoms with E-state index in [0.717, 1.165) is 73.3 Å². The second-order valence-corrected chi connectivity index (χ2v) is 49.3. The quantitative estimate of drug-likeness (QED) is 0.0269. The second kappa shape index (κ2) is 43.6. The van der Waals surface area contributed by atoms with Crippen molar-refractivity contribution in [3.63, 3.8) is 0 Å². The molecule has 4 saturated heterocycles. The fraction of sp³-hybridized carbons (Fsp3) is 0.413. The largest absolute Gasteiger partial charge is 0.504 e. The molecule has 10 aromatic rings. The highest BCUT2D eigenvalue weighted by atomic mass is 32.2. The van der Waals surface area contributed by atoms with Gasteiger partial charge >= 0.3 is 6.18 Å². The molecule has 0 bridgehead atoms. The lowest BCUT2D eigenvalue weighted by Gasteiger charge is -2.35. The SMILES string of the molecule is CC(C)=Cc1cc(C(=O)NS(=O)(=O)c2cccc(N)n2)c(N2CC(C)CC2(C)C)nc1C(C)(C)C.CC(C)COc1cc(F)cc(-c2ccc(C(=O)NS(=O)(=O)c3ccc(O)c(N)n3)c(N3C[C@@H](C)CC3(C)C)n2)c1.C[C@@H]1CN(c2nc(C#N)ccc2C(=O)NS(=O)(=O)c2cccc(N)n2)C(C)(C)C1.C[C@@H]1CN(c2nc(C(C)(C)C)c(/C=C/c3ccc(C(F)(F)F)cc3)cc2C(=O)NS(=O)(=O)c2cccc(N)n2)C(C)(C)C1. The minimum atomic E-state index is -4.45. The van der Waals surface area contributed by atoms with Gasteiger partial charge in [0.15, 0.2) is 31.7 Å². The summed E-state index contributed by atoms with van der Waals surface area (Å²) >= 11 is 0. The van der Waals surface area contributed by atoms with Gasteiger partial charge in [-0.1, -0.05) is 137 Å². The first-order chi connectivity index (χ1) is 68.0. The molecule has 1 unspecified atom stereocenters. The number of anilines is 8. The van der Waals surface area contributed by atoms with Crippen molar-refractivity contribution in [3.8, 4) is 28.8 Å². The third kappa shape index (κ3) is 27.9. The standard InChI is InChI=1S/C31H36F3N5O3S.C28H34FN5O5S.C26H37N5O3S.C19H22N6O3S/c1-19-17-30(5,6)39(18-19)27-23(28(40)38-43(41,42)25-9-7-8-24(35)36-25)16-21(26(37-27)29(2,3)4)13-10-20-11-14-22(15-12-20)31(32,33)34;1-16(2)15-39-20-11-18(10-19(29)12-20)22-7-6-21(26(31-22)34-14-17(3)13-28(34,4)5)27(36)33-40(37,38)24-9-8-23(35)25(30)32-24;1-16(2)12-18-13-19(24(32)30-35(33,34)21-11-9-10-20(27)28-21)23(29-22(18)25(4,5)6)31-15-17(3)14-26(31,7)8;1-12-9-19(2,3)25(11-12)17-14(8-7-13(10-20)22-17)18(26)24-29(27,28)16-6-4-5-15(21)23-16/h7-16,19H,17-18H2,1-6H3,(H2,35,36)(H,38,40);6-12,16-17,35H,13-15H2,1-5H3,(H2,30,32)(H,33,36);9-13,17H,14-15H2,1-8H3,(H2,27,28)(H,30,32);4-8,12H,9,11H2,1-3H3,(H2,21,23)(H,24,26)/b13-10+;;;/t19-;17-;;12-/m00.0/s1. The molecule has 4 amide bonds. The van der Waals surface area contributed by atoms with Crippen molar-refractivity contribution in [1.82, 2.24) is 58.8 Å². The first-order valence-electron chi connectivity index (χ1n) is 47.5. The molecule has 12 heterocycles. The molecular weight excluding hydrogens is 1970 g/mol. The molecule has 147 heavy (non-hydrogen) atoms. The number of pyridine rings is 8. The van der Waals surface area contributed by atoms with Crippen LogP contribution in [0.15, 0.2) is 171 Å². The number of carbonyl (C=O) groups excluding carboxylic acids is 4. The number of aromatic hydroxyl groups is 1. The van der Waals surface area contributed by atoms with Crippen LogP contribution in [-0.4, -0.2) is 157 Å². The van der Waals surface area contributed by atoms with Crippen LogP contribution in [0.1, 0.15) is 259 Å². The van der Waals surface area contributed by atoms with E-state index in [-0.39, 0.29) is 118 Å². The average Bonchev–Trinajstić information content (AvgIpc) is 1.70. The number of halogens is 4. The van der Waals surface area contributed by atoms with E-state index in [1.807, 2.05) is 126 Å². The van der Waals surface area contributed by atoms with Crippen LogP contribution < -0.4 is 66.2 Å². The van der Waals surface area contributed by atoms with E-state index in [1.54, 1.807) is 30.4 Å². The molecule has 0 radical (unpaired) electrons. The summed E-state index contributed by atoms with van der Waals surface area (Å²) in [5.41, 5.74) is 25.2. The van der Waals surface area contributed by atoms with E-state index in [0.29, 0.717) is 89.5 Å². The predicted molar refractivity (Wildman–Crippen MR) is 560 cm³/mol. The minimum Gasteiger partial charge on any atom is -0.504 e. The van der Waals surface area contributed by atoms with Crippen LogP contribution in [0.3, 0.4) is 0 Å². The molecule has 4 aliphatic heterocycles. The molecule has 0 saturated carbocycles. The van der Waals surface area contributed by atoms with Crippen molar-refractivity contribution in [2.75, 3.05) is 75.3 Å². The Bertz CT molecular complexity index is 7290. The van der Waals surface area contributed by atoms with Gasteiger partial charge in [-0.2, -0.15) is 52.1 Å². The number of allylic oxidation sites excluding steroid dienone is 1. The van der Waals surface area contributed by atoms with Gasteiger partial charge in [0.05, 0.1) is 51.5 Å². The number of carbonyl (C=O) groups is 4. The zero-order chi connectivity index (χ0) is 109. The van der Waals surface area contributed by atoms with E-state index < -0.39 is 96.7 Å². The number of amides is 4. The van der Waals surface area contributed by atoms with Gasteiger partial charge in [-0.05, 0) is 250 Å². The number of nitrogen functional groups attached to an aromatic ring is 4. The fourth-order valence-corrected chi connectivity index (χ4v) is 22.3. The summed E-state index contributed by atoms with van der Waals surface area (Å²) in [6, 6.07) is 34.7. The molecule has 4 atom stereocenters. The van der Waals surface area contributed by atoms with E-state index in [4.69, 9.17) is 42.6 Å². The minimum absolute atomic E-state index is 0.0179. The summed E-state index contributed by atoms with van der Waals surface area (Å²) in [7, 11) is -17.3. The molecular formula is C104H129F4N21O14S4. The lowest BCUT2D eigenvalue weighted by molar-refractivity contribution is -0.137. The number of alkyl halides is 3. The van der Waals surface area contributed by atoms with Crippen LogP contribution in [0.5, 0.6) is 11.5 Å². The highest BCUT2D eigenvalue weighted by Crippen LogP contribution is 2.46. The molecule has 13 N–H and O–H groups in total. The van der Waals surface area contributed by atoms with Crippen molar-refractivity contribution in [2.45, 2.75) is 237 Å². The van der Waals surface area contributed by atoms with Gasteiger partial charge in [-0.3, -0.25) is 19.2 Å². The Kier molecular flexibility index (Phi) is 33.6. The first kappa shape index (κ1) is 113. The van der Waals surface area contributed by atoms with Crippen molar-refractivity contribution in [2.24, 2.45) is 29.6 Å². The van der Waals surface area contributed by atoms with Crippen LogP contribution in [0, 0.1) is 46.7 Å². The summed E-state index contributed by atoms with van der Waals surface area (Å²) in [6.07, 6.45) is 4.28. The highest BCUT2D eigenvalue weighted by Gasteiger charge is 2.46. The van der Waals surface area contributed by atoms with Gasteiger partial charge in [-0.25, -0.2) is 63.2 Å². The number of ether oxygens (including phenoxy) is 1. The molecule has 14 rings (SSSR count). The number of hydrogen-bond acceptors (Lipinski definition) is 31. The number of nitriles is 1. The number of nitrogens with zero attached hydrogens (tertiary/aromatic N) is 13. The Morgan fingerprint density at radius 3 is 1.20 bits per heavy atom. The van der Waals surface area contributed by atoms with Gasteiger partial charge in [0.25, 0.3) is 63.7 Å². The van der Waals surface area contributed by atoms with Crippen LogP contribution in [0.4, 0.5) is 64.1 Å². The molecule has 8 aromatic heterocycles. The van der Waals surface area contributed by atoms with Crippen LogP contribution >= 0.6 is 0 Å². The summed E-state index contributed by atoms with van der Waals surface area (Å²) in [4.78, 5) is 95.9. The summed E-state index contributed by atoms with van der Waals surface area (Å²) in [6.45, 7) is 47.8. The van der Waals surface area contributed by atoms with Crippen LogP contribution in [0.2, 0.25) is 0 Å². The van der Waals surface area contributed by atoms with Gasteiger partial charge in [0, 0.05) is 70.8 Å². The van der Waals surface area contributed by atoms with Gasteiger partial charge < -0.3 is 52.4 Å². The summed E-state index contributed by atoms with van der Waals surface area (Å²) in [5, 5.41) is 17.2. The maximum absolute atomic E-state index is 14.5. The zero-order valence-corrected chi connectivity index (χ0v) is 89.6. The predicted octanol–water partition coefficient (Wildman–Crippen LogP) is 16.8. The van der Waals surface area contributed by atoms with E-state index in [1.165, 1.54) is 103 Å². The van der Waals surface area contributed by atoms with Gasteiger partial charge in [-0.15, -0.1) is 0 Å². The number of aromatic nitrogens is 8. The Balaban J connectivity index is 0.000000188. The molecule has 0 spiro atoms.